The summed E-state index contributed by atoms with van der Waals surface area (Å²) in [5, 5.41) is 4.26. The maximum absolute atomic E-state index is 6.15. The van der Waals surface area contributed by atoms with Crippen LogP contribution in [0.5, 0.6) is 0 Å². The first-order chi connectivity index (χ1) is 8.78. The topological polar surface area (TPSA) is 56.7 Å². The van der Waals surface area contributed by atoms with Crippen molar-refractivity contribution >= 4 is 0 Å². The summed E-state index contributed by atoms with van der Waals surface area (Å²) in [5.41, 5.74) is 8.61. The van der Waals surface area contributed by atoms with Crippen molar-refractivity contribution in [1.82, 2.24) is 14.8 Å². The zero-order valence-corrected chi connectivity index (χ0v) is 10.8. The minimum atomic E-state index is 0.180. The molecule has 0 fully saturated rings. The fraction of sp³-hybridized carbons (Fsp3) is 0.429. The number of pyridine rings is 1. The number of aryl methyl sites for hydroxylation is 2. The van der Waals surface area contributed by atoms with Crippen molar-refractivity contribution in [3.05, 3.63) is 48.0 Å². The molecule has 0 radical (unpaired) electrons. The Hall–Kier alpha value is -1.68. The Morgan fingerprint density at radius 2 is 2.22 bits per heavy atom. The summed E-state index contributed by atoms with van der Waals surface area (Å²) >= 11 is 0. The van der Waals surface area contributed by atoms with Gasteiger partial charge < -0.3 is 5.73 Å². The molecule has 2 N–H and O–H groups in total. The van der Waals surface area contributed by atoms with Crippen LogP contribution in [-0.4, -0.2) is 20.8 Å². The summed E-state index contributed by atoms with van der Waals surface area (Å²) in [4.78, 5) is 4.11. The Morgan fingerprint density at radius 3 is 2.89 bits per heavy atom. The van der Waals surface area contributed by atoms with Gasteiger partial charge in [0.25, 0.3) is 0 Å². The summed E-state index contributed by atoms with van der Waals surface area (Å²) in [6, 6.07) is 4.24. The van der Waals surface area contributed by atoms with Crippen LogP contribution in [0.1, 0.15) is 24.5 Å². The van der Waals surface area contributed by atoms with Gasteiger partial charge in [-0.25, -0.2) is 0 Å². The van der Waals surface area contributed by atoms with E-state index in [2.05, 4.69) is 29.3 Å². The normalized spacial score (nSPS) is 12.6. The van der Waals surface area contributed by atoms with Gasteiger partial charge in [-0.2, -0.15) is 5.10 Å². The molecule has 0 saturated carbocycles. The molecule has 2 heterocycles. The number of rotatable bonds is 6. The minimum Gasteiger partial charge on any atom is -0.327 e. The van der Waals surface area contributed by atoms with Gasteiger partial charge in [0, 0.05) is 31.2 Å². The first-order valence-corrected chi connectivity index (χ1v) is 6.43. The molecule has 96 valence electrons. The maximum atomic E-state index is 6.15. The number of hydrogen-bond donors (Lipinski definition) is 1. The second-order valence-electron chi connectivity index (χ2n) is 4.57. The highest BCUT2D eigenvalue weighted by Crippen LogP contribution is 2.07. The quantitative estimate of drug-likeness (QED) is 0.843. The average molecular weight is 244 g/mol. The lowest BCUT2D eigenvalue weighted by atomic mass is 10.0. The molecule has 4 heteroatoms. The van der Waals surface area contributed by atoms with E-state index in [0.717, 1.165) is 25.8 Å². The molecule has 1 unspecified atom stereocenters. The van der Waals surface area contributed by atoms with Gasteiger partial charge in [-0.05, 0) is 43.4 Å². The van der Waals surface area contributed by atoms with Gasteiger partial charge in [0.15, 0.2) is 0 Å². The lowest BCUT2D eigenvalue weighted by Crippen LogP contribution is -2.23. The van der Waals surface area contributed by atoms with Gasteiger partial charge in [-0.1, -0.05) is 6.07 Å². The Kier molecular flexibility index (Phi) is 4.47. The van der Waals surface area contributed by atoms with Crippen LogP contribution in [-0.2, 0) is 19.4 Å². The van der Waals surface area contributed by atoms with Crippen molar-refractivity contribution in [2.45, 2.75) is 38.8 Å². The van der Waals surface area contributed by atoms with E-state index in [9.17, 15) is 0 Å². The van der Waals surface area contributed by atoms with Gasteiger partial charge >= 0.3 is 0 Å². The van der Waals surface area contributed by atoms with E-state index in [1.54, 1.807) is 6.20 Å². The lowest BCUT2D eigenvalue weighted by Gasteiger charge is -2.09. The van der Waals surface area contributed by atoms with E-state index >= 15 is 0 Å². The molecule has 18 heavy (non-hydrogen) atoms. The van der Waals surface area contributed by atoms with E-state index in [-0.39, 0.29) is 6.04 Å². The molecule has 0 saturated heterocycles. The van der Waals surface area contributed by atoms with E-state index in [1.165, 1.54) is 11.1 Å². The Bertz CT molecular complexity index is 464. The molecular formula is C14H20N4. The molecule has 2 aromatic rings. The highest BCUT2D eigenvalue weighted by atomic mass is 15.3. The molecule has 0 aliphatic heterocycles. The third-order valence-electron chi connectivity index (χ3n) is 3.04. The van der Waals surface area contributed by atoms with Crippen LogP contribution in [0.15, 0.2) is 36.9 Å². The third-order valence-corrected chi connectivity index (χ3v) is 3.04. The van der Waals surface area contributed by atoms with Crippen LogP contribution in [0.4, 0.5) is 0 Å². The Labute approximate surface area is 108 Å². The van der Waals surface area contributed by atoms with Gasteiger partial charge in [0.2, 0.25) is 0 Å². The predicted octanol–water partition coefficient (Wildman–Crippen LogP) is 1.80. The molecule has 0 spiro atoms. The van der Waals surface area contributed by atoms with Crippen LogP contribution >= 0.6 is 0 Å². The predicted molar refractivity (Wildman–Crippen MR) is 72.1 cm³/mol. The summed E-state index contributed by atoms with van der Waals surface area (Å²) < 4.78 is 1.93. The van der Waals surface area contributed by atoms with Gasteiger partial charge in [0.1, 0.15) is 0 Å². The van der Waals surface area contributed by atoms with Crippen molar-refractivity contribution in [2.75, 3.05) is 0 Å². The molecule has 2 rings (SSSR count). The smallest absolute Gasteiger partial charge is 0.0522 e. The van der Waals surface area contributed by atoms with E-state index < -0.39 is 0 Å². The van der Waals surface area contributed by atoms with E-state index in [4.69, 9.17) is 5.73 Å². The minimum absolute atomic E-state index is 0.180. The van der Waals surface area contributed by atoms with Crippen LogP contribution in [0.3, 0.4) is 0 Å². The highest BCUT2D eigenvalue weighted by Gasteiger charge is 2.06. The summed E-state index contributed by atoms with van der Waals surface area (Å²) in [6.07, 6.45) is 10.5. The standard InChI is InChI=1S/C14H20N4/c1-2-18-11-13(10-17-18)8-14(15)6-5-12-4-3-7-16-9-12/h3-4,7,9-11,14H,2,5-6,8,15H2,1H3. The number of aromatic nitrogens is 3. The largest absolute Gasteiger partial charge is 0.327 e. The molecule has 0 bridgehead atoms. The summed E-state index contributed by atoms with van der Waals surface area (Å²) in [7, 11) is 0. The zero-order chi connectivity index (χ0) is 12.8. The highest BCUT2D eigenvalue weighted by molar-refractivity contribution is 5.10. The molecular weight excluding hydrogens is 224 g/mol. The average Bonchev–Trinajstić information content (AvgIpc) is 2.85. The first kappa shape index (κ1) is 12.8. The van der Waals surface area contributed by atoms with Crippen molar-refractivity contribution in [3.8, 4) is 0 Å². The Balaban J connectivity index is 1.80. The van der Waals surface area contributed by atoms with Gasteiger partial charge in [-0.15, -0.1) is 0 Å². The second kappa shape index (κ2) is 6.31. The van der Waals surface area contributed by atoms with Crippen molar-refractivity contribution in [2.24, 2.45) is 5.73 Å². The van der Waals surface area contributed by atoms with Gasteiger partial charge in [0.05, 0.1) is 6.20 Å². The van der Waals surface area contributed by atoms with Gasteiger partial charge in [-0.3, -0.25) is 9.67 Å². The molecule has 2 aromatic heterocycles. The molecule has 0 aliphatic carbocycles. The van der Waals surface area contributed by atoms with Crippen LogP contribution in [0, 0.1) is 0 Å². The molecule has 0 aromatic carbocycles. The third kappa shape index (κ3) is 3.67. The lowest BCUT2D eigenvalue weighted by molar-refractivity contribution is 0.608. The number of nitrogens with two attached hydrogens (primary N) is 1. The molecule has 1 atom stereocenters. The monoisotopic (exact) mass is 244 g/mol. The molecule has 0 amide bonds. The summed E-state index contributed by atoms with van der Waals surface area (Å²) in [6.45, 7) is 2.99. The van der Waals surface area contributed by atoms with Crippen LogP contribution < -0.4 is 5.73 Å². The zero-order valence-electron chi connectivity index (χ0n) is 10.8. The summed E-state index contributed by atoms with van der Waals surface area (Å²) in [5.74, 6) is 0. The van der Waals surface area contributed by atoms with E-state index in [0.29, 0.717) is 0 Å². The van der Waals surface area contributed by atoms with E-state index in [1.807, 2.05) is 23.1 Å². The fourth-order valence-electron chi connectivity index (χ4n) is 1.99. The van der Waals surface area contributed by atoms with Crippen molar-refractivity contribution < 1.29 is 0 Å². The second-order valence-corrected chi connectivity index (χ2v) is 4.57. The first-order valence-electron chi connectivity index (χ1n) is 6.43. The maximum Gasteiger partial charge on any atom is 0.0522 e. The molecule has 4 nitrogen and oxygen atoms in total. The number of nitrogens with zero attached hydrogens (tertiary/aromatic N) is 3. The van der Waals surface area contributed by atoms with Crippen LogP contribution in [0.25, 0.3) is 0 Å². The fourth-order valence-corrected chi connectivity index (χ4v) is 1.99. The van der Waals surface area contributed by atoms with Crippen LogP contribution in [0.2, 0.25) is 0 Å². The SMILES string of the molecule is CCn1cc(CC(N)CCc2cccnc2)cn1. The number of hydrogen-bond acceptors (Lipinski definition) is 3. The van der Waals surface area contributed by atoms with Crippen molar-refractivity contribution in [3.63, 3.8) is 0 Å². The Morgan fingerprint density at radius 1 is 1.33 bits per heavy atom. The van der Waals surface area contributed by atoms with Crippen molar-refractivity contribution in [1.29, 1.82) is 0 Å². The molecule has 0 aliphatic rings.